The lowest BCUT2D eigenvalue weighted by Crippen LogP contribution is -2.36. The summed E-state index contributed by atoms with van der Waals surface area (Å²) in [4.78, 5) is 27.9. The van der Waals surface area contributed by atoms with Gasteiger partial charge in [0, 0.05) is 65.0 Å². The van der Waals surface area contributed by atoms with E-state index in [9.17, 15) is 9.59 Å². The average molecular weight is 487 g/mol. The Morgan fingerprint density at radius 2 is 1.79 bits per heavy atom. The Kier molecular flexibility index (Phi) is 8.47. The number of benzene rings is 1. The molecule has 1 aliphatic carbocycles. The summed E-state index contributed by atoms with van der Waals surface area (Å²) in [5.41, 5.74) is 4.57. The van der Waals surface area contributed by atoms with Crippen LogP contribution in [0.15, 0.2) is 23.0 Å². The third-order valence-corrected chi connectivity index (χ3v) is 7.93. The van der Waals surface area contributed by atoms with Crippen LogP contribution in [-0.2, 0) is 13.6 Å². The zero-order valence-corrected chi connectivity index (χ0v) is 22.3. The molecule has 2 N–H and O–H groups in total. The summed E-state index contributed by atoms with van der Waals surface area (Å²) >= 11 is 6.42. The maximum Gasteiger partial charge on any atom is 0.251 e. The van der Waals surface area contributed by atoms with E-state index >= 15 is 0 Å². The number of aromatic nitrogens is 1. The number of rotatable bonds is 7. The van der Waals surface area contributed by atoms with Crippen molar-refractivity contribution in [3.05, 3.63) is 61.5 Å². The lowest BCUT2D eigenvalue weighted by atomic mass is 9.81. The Morgan fingerprint density at radius 1 is 1.15 bits per heavy atom. The molecule has 1 aromatic carbocycles. The highest BCUT2D eigenvalue weighted by Gasteiger charge is 2.27. The second-order valence-electron chi connectivity index (χ2n) is 10.0. The SMILES string of the molecule is Cc1c(NC(C)[C@H]2CC[C@H](N(C)C)CC2)cc(Cl)cc1C(=O)NCc1c(C)n(C)c(C)cc1=O. The summed E-state index contributed by atoms with van der Waals surface area (Å²) in [5, 5.41) is 7.08. The van der Waals surface area contributed by atoms with Gasteiger partial charge in [-0.05, 0) is 91.1 Å². The normalized spacial score (nSPS) is 19.2. The summed E-state index contributed by atoms with van der Waals surface area (Å²) in [6.45, 7) is 8.14. The fourth-order valence-corrected chi connectivity index (χ4v) is 5.26. The van der Waals surface area contributed by atoms with Crippen molar-refractivity contribution in [3.63, 3.8) is 0 Å². The fraction of sp³-hybridized carbons (Fsp3) is 0.556. The quantitative estimate of drug-likeness (QED) is 0.589. The first-order valence-corrected chi connectivity index (χ1v) is 12.5. The molecular formula is C27H39ClN4O2. The number of amides is 1. The van der Waals surface area contributed by atoms with Crippen molar-refractivity contribution in [2.75, 3.05) is 19.4 Å². The molecule has 0 bridgehead atoms. The van der Waals surface area contributed by atoms with E-state index in [0.29, 0.717) is 28.1 Å². The fourth-order valence-electron chi connectivity index (χ4n) is 5.04. The monoisotopic (exact) mass is 486 g/mol. The van der Waals surface area contributed by atoms with Gasteiger partial charge in [-0.25, -0.2) is 0 Å². The van der Waals surface area contributed by atoms with Gasteiger partial charge in [0.15, 0.2) is 5.43 Å². The molecule has 1 aliphatic rings. The van der Waals surface area contributed by atoms with Crippen molar-refractivity contribution in [1.82, 2.24) is 14.8 Å². The molecule has 1 fully saturated rings. The Morgan fingerprint density at radius 3 is 2.41 bits per heavy atom. The number of pyridine rings is 1. The number of halogens is 1. The van der Waals surface area contributed by atoms with Crippen molar-refractivity contribution in [3.8, 4) is 0 Å². The van der Waals surface area contributed by atoms with Crippen LogP contribution >= 0.6 is 11.6 Å². The third-order valence-electron chi connectivity index (χ3n) is 7.71. The Bertz CT molecular complexity index is 1100. The van der Waals surface area contributed by atoms with Crippen LogP contribution < -0.4 is 16.1 Å². The van der Waals surface area contributed by atoms with Gasteiger partial charge in [0.05, 0.1) is 0 Å². The number of carbonyl (C=O) groups excluding carboxylic acids is 1. The first-order valence-electron chi connectivity index (χ1n) is 12.2. The highest BCUT2D eigenvalue weighted by molar-refractivity contribution is 6.31. The minimum atomic E-state index is -0.232. The second-order valence-corrected chi connectivity index (χ2v) is 10.5. The Balaban J connectivity index is 1.72. The molecule has 2 aromatic rings. The molecule has 1 heterocycles. The Hall–Kier alpha value is -2.31. The Labute approximate surface area is 208 Å². The average Bonchev–Trinajstić information content (AvgIpc) is 2.79. The predicted octanol–water partition coefficient (Wildman–Crippen LogP) is 4.81. The molecule has 0 aliphatic heterocycles. The molecule has 6 nitrogen and oxygen atoms in total. The van der Waals surface area contributed by atoms with Gasteiger partial charge in [0.25, 0.3) is 5.91 Å². The van der Waals surface area contributed by atoms with Crippen molar-refractivity contribution >= 4 is 23.2 Å². The van der Waals surface area contributed by atoms with Gasteiger partial charge in [-0.3, -0.25) is 9.59 Å². The number of carbonyl (C=O) groups is 1. The smallest absolute Gasteiger partial charge is 0.251 e. The van der Waals surface area contributed by atoms with Crippen molar-refractivity contribution in [1.29, 1.82) is 0 Å². The number of aryl methyl sites for hydroxylation is 1. The maximum atomic E-state index is 13.1. The second kappa shape index (κ2) is 11.0. The van der Waals surface area contributed by atoms with Gasteiger partial charge >= 0.3 is 0 Å². The molecule has 186 valence electrons. The molecule has 1 amide bonds. The molecule has 1 aromatic heterocycles. The molecule has 0 radical (unpaired) electrons. The summed E-state index contributed by atoms with van der Waals surface area (Å²) in [6.07, 6.45) is 4.80. The molecule has 0 saturated heterocycles. The third kappa shape index (κ3) is 5.84. The molecule has 3 rings (SSSR count). The highest BCUT2D eigenvalue weighted by atomic mass is 35.5. The summed E-state index contributed by atoms with van der Waals surface area (Å²) in [6, 6.07) is 6.16. The van der Waals surface area contributed by atoms with Gasteiger partial charge in [0.2, 0.25) is 0 Å². The summed E-state index contributed by atoms with van der Waals surface area (Å²) in [7, 11) is 6.24. The van der Waals surface area contributed by atoms with E-state index in [-0.39, 0.29) is 23.9 Å². The molecule has 1 saturated carbocycles. The number of nitrogens with zero attached hydrogens (tertiary/aromatic N) is 2. The van der Waals surface area contributed by atoms with E-state index in [2.05, 4.69) is 36.6 Å². The number of nitrogens with one attached hydrogen (secondary N) is 2. The van der Waals surface area contributed by atoms with E-state index in [0.717, 1.165) is 22.6 Å². The van der Waals surface area contributed by atoms with Crippen LogP contribution in [0.5, 0.6) is 0 Å². The van der Waals surface area contributed by atoms with Crippen LogP contribution in [0.1, 0.15) is 65.5 Å². The zero-order valence-electron chi connectivity index (χ0n) is 21.6. The van der Waals surface area contributed by atoms with Crippen molar-refractivity contribution < 1.29 is 4.79 Å². The van der Waals surface area contributed by atoms with Gasteiger partial charge in [-0.15, -0.1) is 0 Å². The molecule has 34 heavy (non-hydrogen) atoms. The minimum absolute atomic E-state index is 0.0589. The molecule has 1 unspecified atom stereocenters. The molecule has 7 heteroatoms. The van der Waals surface area contributed by atoms with E-state index in [4.69, 9.17) is 11.6 Å². The van der Waals surface area contributed by atoms with Gasteiger partial charge in [0.1, 0.15) is 0 Å². The number of anilines is 1. The van der Waals surface area contributed by atoms with Crippen LogP contribution in [0.3, 0.4) is 0 Å². The van der Waals surface area contributed by atoms with E-state index in [1.807, 2.05) is 38.5 Å². The van der Waals surface area contributed by atoms with Crippen LogP contribution in [0.2, 0.25) is 5.02 Å². The van der Waals surface area contributed by atoms with Crippen LogP contribution in [0.4, 0.5) is 5.69 Å². The van der Waals surface area contributed by atoms with Gasteiger partial charge in [-0.2, -0.15) is 0 Å². The van der Waals surface area contributed by atoms with Gasteiger partial charge in [-0.1, -0.05) is 11.6 Å². The standard InChI is InChI=1S/C27H39ClN4O2/c1-16-12-26(33)24(19(4)32(16)7)15-29-27(34)23-13-21(28)14-25(17(23)2)30-18(3)20-8-10-22(11-9-20)31(5)6/h12-14,18,20,22,30H,8-11,15H2,1-7H3,(H,29,34)/t18?,20-,22-. The van der Waals surface area contributed by atoms with Crippen LogP contribution in [-0.4, -0.2) is 41.6 Å². The van der Waals surface area contributed by atoms with E-state index < -0.39 is 0 Å². The maximum absolute atomic E-state index is 13.1. The summed E-state index contributed by atoms with van der Waals surface area (Å²) in [5.74, 6) is 0.358. The lowest BCUT2D eigenvalue weighted by Gasteiger charge is -2.36. The largest absolute Gasteiger partial charge is 0.382 e. The first kappa shape index (κ1) is 26.3. The zero-order chi connectivity index (χ0) is 25.2. The highest BCUT2D eigenvalue weighted by Crippen LogP contribution is 2.32. The predicted molar refractivity (Wildman–Crippen MR) is 141 cm³/mol. The van der Waals surface area contributed by atoms with Gasteiger partial charge < -0.3 is 20.1 Å². The lowest BCUT2D eigenvalue weighted by molar-refractivity contribution is 0.0950. The minimum Gasteiger partial charge on any atom is -0.382 e. The number of hydrogen-bond donors (Lipinski definition) is 2. The van der Waals surface area contributed by atoms with E-state index in [1.165, 1.54) is 25.7 Å². The first-order chi connectivity index (χ1) is 16.0. The van der Waals surface area contributed by atoms with E-state index in [1.54, 1.807) is 12.1 Å². The topological polar surface area (TPSA) is 66.4 Å². The van der Waals surface area contributed by atoms with Crippen LogP contribution in [0.25, 0.3) is 0 Å². The molecular weight excluding hydrogens is 448 g/mol. The molecule has 0 spiro atoms. The van der Waals surface area contributed by atoms with Crippen LogP contribution in [0, 0.1) is 26.7 Å². The molecule has 1 atom stereocenters. The van der Waals surface area contributed by atoms with Crippen molar-refractivity contribution in [2.45, 2.75) is 72.0 Å². The van der Waals surface area contributed by atoms with Crippen molar-refractivity contribution in [2.24, 2.45) is 13.0 Å². The summed E-state index contributed by atoms with van der Waals surface area (Å²) < 4.78 is 1.96. The number of hydrogen-bond acceptors (Lipinski definition) is 4.